The molecular weight excluding hydrogens is 410 g/mol. The van der Waals surface area contributed by atoms with E-state index in [1.165, 1.54) is 21.9 Å². The Labute approximate surface area is 195 Å². The van der Waals surface area contributed by atoms with Gasteiger partial charge < -0.3 is 15.2 Å². The zero-order valence-electron chi connectivity index (χ0n) is 18.9. The molecule has 0 spiro atoms. The molecule has 33 heavy (non-hydrogen) atoms. The van der Waals surface area contributed by atoms with Crippen molar-refractivity contribution in [2.45, 2.75) is 32.9 Å². The highest BCUT2D eigenvalue weighted by atomic mass is 16.5. The van der Waals surface area contributed by atoms with Gasteiger partial charge in [0.25, 0.3) is 0 Å². The first-order chi connectivity index (χ1) is 16.2. The second-order valence-corrected chi connectivity index (χ2v) is 7.97. The van der Waals surface area contributed by atoms with Crippen LogP contribution in [0.2, 0.25) is 0 Å². The first-order valence-electron chi connectivity index (χ1n) is 11.4. The fourth-order valence-corrected chi connectivity index (χ4v) is 4.02. The number of nitrogens with two attached hydrogens (primary N) is 1. The molecule has 0 atom stereocenters. The Bertz CT molecular complexity index is 1250. The fraction of sp³-hybridized carbons (Fsp3) is 0.207. The minimum absolute atomic E-state index is 0.186. The molecule has 0 heterocycles. The van der Waals surface area contributed by atoms with Crippen LogP contribution >= 0.6 is 0 Å². The highest BCUT2D eigenvalue weighted by Gasteiger charge is 2.09. The molecule has 0 aromatic heterocycles. The van der Waals surface area contributed by atoms with E-state index < -0.39 is 0 Å². The monoisotopic (exact) mass is 439 g/mol. The second-order valence-electron chi connectivity index (χ2n) is 7.97. The summed E-state index contributed by atoms with van der Waals surface area (Å²) >= 11 is 0. The SMILES string of the molecule is CCOC(=O)CCc1ccccc1OCc1ccc2c(-c3cccc(CN)c3)cccc2c1. The van der Waals surface area contributed by atoms with E-state index in [4.69, 9.17) is 15.2 Å². The summed E-state index contributed by atoms with van der Waals surface area (Å²) < 4.78 is 11.2. The average Bonchev–Trinajstić information content (AvgIpc) is 2.86. The van der Waals surface area contributed by atoms with Crippen molar-refractivity contribution in [3.05, 3.63) is 102 Å². The topological polar surface area (TPSA) is 61.5 Å². The third kappa shape index (κ3) is 5.60. The second kappa shape index (κ2) is 10.8. The van der Waals surface area contributed by atoms with Gasteiger partial charge in [0, 0.05) is 13.0 Å². The first kappa shape index (κ1) is 22.6. The number of aryl methyl sites for hydroxylation is 1. The number of hydrogen-bond acceptors (Lipinski definition) is 4. The summed E-state index contributed by atoms with van der Waals surface area (Å²) in [7, 11) is 0. The van der Waals surface area contributed by atoms with Gasteiger partial charge in [-0.25, -0.2) is 0 Å². The van der Waals surface area contributed by atoms with Gasteiger partial charge in [0.2, 0.25) is 0 Å². The predicted octanol–water partition coefficient (Wildman–Crippen LogP) is 6.04. The van der Waals surface area contributed by atoms with E-state index in [1.54, 1.807) is 0 Å². The average molecular weight is 440 g/mol. The van der Waals surface area contributed by atoms with Gasteiger partial charge in [-0.2, -0.15) is 0 Å². The lowest BCUT2D eigenvalue weighted by molar-refractivity contribution is -0.143. The molecule has 0 amide bonds. The van der Waals surface area contributed by atoms with Crippen LogP contribution in [0.1, 0.15) is 30.0 Å². The number of rotatable bonds is 9. The number of fused-ring (bicyclic) bond motifs is 1. The maximum Gasteiger partial charge on any atom is 0.306 e. The van der Waals surface area contributed by atoms with Crippen LogP contribution in [0.25, 0.3) is 21.9 Å². The summed E-state index contributed by atoms with van der Waals surface area (Å²) in [5.74, 6) is 0.615. The quantitative estimate of drug-likeness (QED) is 0.323. The van der Waals surface area contributed by atoms with Gasteiger partial charge >= 0.3 is 5.97 Å². The van der Waals surface area contributed by atoms with Crippen LogP contribution in [0.5, 0.6) is 5.75 Å². The van der Waals surface area contributed by atoms with Gasteiger partial charge in [0.05, 0.1) is 6.61 Å². The van der Waals surface area contributed by atoms with Crippen molar-refractivity contribution < 1.29 is 14.3 Å². The van der Waals surface area contributed by atoms with Gasteiger partial charge in [0.1, 0.15) is 12.4 Å². The first-order valence-corrected chi connectivity index (χ1v) is 11.4. The Balaban J connectivity index is 1.51. The number of esters is 1. The van der Waals surface area contributed by atoms with E-state index >= 15 is 0 Å². The molecule has 0 radical (unpaired) electrons. The molecule has 0 fully saturated rings. The maximum atomic E-state index is 11.7. The normalized spacial score (nSPS) is 10.8. The van der Waals surface area contributed by atoms with Crippen molar-refractivity contribution in [3.8, 4) is 16.9 Å². The molecule has 0 saturated carbocycles. The number of para-hydroxylation sites is 1. The van der Waals surface area contributed by atoms with Gasteiger partial charge in [-0.3, -0.25) is 4.79 Å². The smallest absolute Gasteiger partial charge is 0.306 e. The Hall–Kier alpha value is -3.63. The van der Waals surface area contributed by atoms with Crippen LogP contribution in [0.4, 0.5) is 0 Å². The van der Waals surface area contributed by atoms with E-state index in [2.05, 4.69) is 60.7 Å². The zero-order chi connectivity index (χ0) is 23.0. The summed E-state index contributed by atoms with van der Waals surface area (Å²) in [6.45, 7) is 3.21. The summed E-state index contributed by atoms with van der Waals surface area (Å²) in [4.78, 5) is 11.7. The van der Waals surface area contributed by atoms with E-state index in [0.717, 1.165) is 22.4 Å². The number of carbonyl (C=O) groups excluding carboxylic acids is 1. The van der Waals surface area contributed by atoms with E-state index in [9.17, 15) is 4.79 Å². The van der Waals surface area contributed by atoms with Crippen molar-refractivity contribution >= 4 is 16.7 Å². The zero-order valence-corrected chi connectivity index (χ0v) is 18.9. The molecule has 168 valence electrons. The Morgan fingerprint density at radius 1 is 0.879 bits per heavy atom. The van der Waals surface area contributed by atoms with Crippen LogP contribution in [0.15, 0.2) is 84.9 Å². The van der Waals surface area contributed by atoms with E-state index in [0.29, 0.717) is 32.6 Å². The molecular formula is C29H29NO3. The minimum atomic E-state index is -0.186. The Morgan fingerprint density at radius 2 is 1.73 bits per heavy atom. The van der Waals surface area contributed by atoms with E-state index in [-0.39, 0.29) is 5.97 Å². The van der Waals surface area contributed by atoms with Crippen molar-refractivity contribution in [3.63, 3.8) is 0 Å². The summed E-state index contributed by atoms with van der Waals surface area (Å²) in [5.41, 5.74) is 11.4. The van der Waals surface area contributed by atoms with Gasteiger partial charge in [0.15, 0.2) is 0 Å². The predicted molar refractivity (Wildman–Crippen MR) is 133 cm³/mol. The molecule has 0 aliphatic rings. The number of ether oxygens (including phenoxy) is 2. The van der Waals surface area contributed by atoms with Crippen molar-refractivity contribution in [1.29, 1.82) is 0 Å². The summed E-state index contributed by atoms with van der Waals surface area (Å²) in [6.07, 6.45) is 0.941. The molecule has 4 nitrogen and oxygen atoms in total. The van der Waals surface area contributed by atoms with E-state index in [1.807, 2.05) is 31.2 Å². The van der Waals surface area contributed by atoms with Gasteiger partial charge in [-0.1, -0.05) is 66.7 Å². The molecule has 4 aromatic carbocycles. The molecule has 2 N–H and O–H groups in total. The van der Waals surface area contributed by atoms with Crippen LogP contribution in [0, 0.1) is 0 Å². The molecule has 0 aliphatic carbocycles. The fourth-order valence-electron chi connectivity index (χ4n) is 4.02. The summed E-state index contributed by atoms with van der Waals surface area (Å²) in [6, 6.07) is 29.0. The minimum Gasteiger partial charge on any atom is -0.489 e. The lowest BCUT2D eigenvalue weighted by Crippen LogP contribution is -2.06. The summed E-state index contributed by atoms with van der Waals surface area (Å²) in [5, 5.41) is 2.37. The van der Waals surface area contributed by atoms with Gasteiger partial charge in [-0.15, -0.1) is 0 Å². The third-order valence-electron chi connectivity index (χ3n) is 5.69. The highest BCUT2D eigenvalue weighted by Crippen LogP contribution is 2.30. The standard InChI is InChI=1S/C29H29NO3/c1-2-32-29(31)16-14-23-8-3-4-12-28(23)33-20-22-13-15-27-25(18-22)10-6-11-26(27)24-9-5-7-21(17-24)19-30/h3-13,15,17-18H,2,14,16,19-20,30H2,1H3. The third-order valence-corrected chi connectivity index (χ3v) is 5.69. The van der Waals surface area contributed by atoms with Crippen LogP contribution in [-0.2, 0) is 29.1 Å². The molecule has 4 rings (SSSR count). The molecule has 0 aliphatic heterocycles. The lowest BCUT2D eigenvalue weighted by Gasteiger charge is -2.13. The number of hydrogen-bond donors (Lipinski definition) is 1. The largest absolute Gasteiger partial charge is 0.489 e. The van der Waals surface area contributed by atoms with Crippen molar-refractivity contribution in [2.75, 3.05) is 6.61 Å². The molecule has 4 aromatic rings. The Kier molecular flexibility index (Phi) is 7.38. The van der Waals surface area contributed by atoms with Gasteiger partial charge in [-0.05, 0) is 70.1 Å². The molecule has 0 bridgehead atoms. The van der Waals surface area contributed by atoms with Crippen LogP contribution < -0.4 is 10.5 Å². The number of benzene rings is 4. The molecule has 0 saturated heterocycles. The maximum absolute atomic E-state index is 11.7. The van der Waals surface area contributed by atoms with Crippen LogP contribution in [0.3, 0.4) is 0 Å². The Morgan fingerprint density at radius 3 is 2.58 bits per heavy atom. The molecule has 0 unspecified atom stereocenters. The molecule has 4 heteroatoms. The highest BCUT2D eigenvalue weighted by molar-refractivity contribution is 5.97. The lowest BCUT2D eigenvalue weighted by atomic mass is 9.96. The van der Waals surface area contributed by atoms with Crippen LogP contribution in [-0.4, -0.2) is 12.6 Å². The number of carbonyl (C=O) groups is 1. The van der Waals surface area contributed by atoms with Crippen molar-refractivity contribution in [2.24, 2.45) is 5.73 Å². The van der Waals surface area contributed by atoms with Crippen molar-refractivity contribution in [1.82, 2.24) is 0 Å².